The maximum atomic E-state index is 6.10. The first-order valence-electron chi connectivity index (χ1n) is 5.62. The second-order valence-electron chi connectivity index (χ2n) is 3.25. The molecule has 0 fully saturated rings. The molecule has 0 unspecified atom stereocenters. The third kappa shape index (κ3) is 7.81. The summed E-state index contributed by atoms with van der Waals surface area (Å²) in [6, 6.07) is 5.41. The van der Waals surface area contributed by atoms with Crippen molar-refractivity contribution in [1.82, 2.24) is 0 Å². The van der Waals surface area contributed by atoms with Crippen molar-refractivity contribution in [2.75, 3.05) is 18.3 Å². The van der Waals surface area contributed by atoms with Crippen LogP contribution in [0.4, 0.5) is 0 Å². The Bertz CT molecular complexity index is 455. The zero-order valence-corrected chi connectivity index (χ0v) is 17.4. The van der Waals surface area contributed by atoms with Gasteiger partial charge < -0.3 is 9.05 Å². The van der Waals surface area contributed by atoms with Crippen LogP contribution in [0, 0.1) is 0 Å². The van der Waals surface area contributed by atoms with Gasteiger partial charge in [-0.05, 0) is 43.9 Å². The van der Waals surface area contributed by atoms with Gasteiger partial charge in [-0.25, -0.2) is 0 Å². The van der Waals surface area contributed by atoms with Crippen molar-refractivity contribution < 1.29 is 28.5 Å². The van der Waals surface area contributed by atoms with Gasteiger partial charge in [-0.1, -0.05) is 34.6 Å². The molecular weight excluding hydrogens is 465 g/mol. The van der Waals surface area contributed by atoms with Crippen LogP contribution in [0.1, 0.15) is 13.8 Å². The van der Waals surface area contributed by atoms with Gasteiger partial charge in [0.1, 0.15) is 0 Å². The molecule has 0 aliphatic rings. The van der Waals surface area contributed by atoms with E-state index in [4.69, 9.17) is 44.1 Å². The van der Waals surface area contributed by atoms with Crippen molar-refractivity contribution in [3.05, 3.63) is 28.2 Å². The van der Waals surface area contributed by atoms with Crippen LogP contribution in [0.3, 0.4) is 0 Å². The van der Waals surface area contributed by atoms with Crippen LogP contribution in [-0.4, -0.2) is 18.3 Å². The van der Waals surface area contributed by atoms with Crippen LogP contribution in [-0.2, 0) is 40.3 Å². The zero-order chi connectivity index (χ0) is 14.3. The number of halogens is 2. The SMILES string of the molecule is CCOP(=S)(OCC)SCSc1cc(Cl)ccc1Cl.[Rh]. The van der Waals surface area contributed by atoms with E-state index in [1.54, 1.807) is 23.9 Å². The molecule has 1 radical (unpaired) electrons. The van der Waals surface area contributed by atoms with E-state index in [0.29, 0.717) is 23.3 Å². The van der Waals surface area contributed by atoms with Gasteiger partial charge in [-0.15, -0.1) is 11.8 Å². The molecule has 0 saturated carbocycles. The predicted octanol–water partition coefficient (Wildman–Crippen LogP) is 6.07. The van der Waals surface area contributed by atoms with Gasteiger partial charge >= 0.3 is 0 Å². The Hall–Kier alpha value is 1.69. The van der Waals surface area contributed by atoms with Crippen LogP contribution in [0.25, 0.3) is 0 Å². The maximum absolute atomic E-state index is 6.10. The molecule has 0 aliphatic carbocycles. The summed E-state index contributed by atoms with van der Waals surface area (Å²) in [4.78, 5) is 0.941. The van der Waals surface area contributed by atoms with Gasteiger partial charge in [0.25, 0.3) is 0 Å². The van der Waals surface area contributed by atoms with Crippen LogP contribution in [0.15, 0.2) is 23.1 Å². The van der Waals surface area contributed by atoms with Gasteiger partial charge in [-0.2, -0.15) is 0 Å². The zero-order valence-electron chi connectivity index (χ0n) is 10.9. The molecule has 20 heavy (non-hydrogen) atoms. The largest absolute Gasteiger partial charge is 0.322 e. The van der Waals surface area contributed by atoms with Gasteiger partial charge in [0.05, 0.1) is 23.3 Å². The first-order valence-corrected chi connectivity index (χ1v) is 11.6. The predicted molar refractivity (Wildman–Crippen MR) is 92.3 cm³/mol. The van der Waals surface area contributed by atoms with E-state index in [0.717, 1.165) is 9.98 Å². The molecular formula is C11H15Cl2O2PRhS3. The summed E-state index contributed by atoms with van der Waals surface area (Å²) < 4.78 is 11.1. The molecule has 1 aromatic carbocycles. The number of hydrogen-bond donors (Lipinski definition) is 0. The Morgan fingerprint density at radius 1 is 1.20 bits per heavy atom. The van der Waals surface area contributed by atoms with Crippen LogP contribution >= 0.6 is 52.0 Å². The average Bonchev–Trinajstić information content (AvgIpc) is 2.34. The fraction of sp³-hybridized carbons (Fsp3) is 0.455. The Morgan fingerprint density at radius 3 is 2.35 bits per heavy atom. The van der Waals surface area contributed by atoms with E-state index in [1.165, 1.54) is 11.4 Å². The smallest absolute Gasteiger partial charge is 0.248 e. The Labute approximate surface area is 156 Å². The maximum Gasteiger partial charge on any atom is 0.248 e. The summed E-state index contributed by atoms with van der Waals surface area (Å²) >= 11 is 20.6. The molecule has 0 heterocycles. The first-order chi connectivity index (χ1) is 9.00. The molecule has 0 aliphatic heterocycles. The topological polar surface area (TPSA) is 18.5 Å². The van der Waals surface area contributed by atoms with Crippen molar-refractivity contribution >= 4 is 63.8 Å². The molecule has 2 nitrogen and oxygen atoms in total. The summed E-state index contributed by atoms with van der Waals surface area (Å²) in [6.07, 6.45) is 0. The summed E-state index contributed by atoms with van der Waals surface area (Å²) in [5, 5.41) is 2.08. The molecule has 117 valence electrons. The van der Waals surface area contributed by atoms with Crippen molar-refractivity contribution in [1.29, 1.82) is 0 Å². The van der Waals surface area contributed by atoms with Crippen molar-refractivity contribution in [2.45, 2.75) is 18.7 Å². The molecule has 0 atom stereocenters. The van der Waals surface area contributed by atoms with Crippen LogP contribution in [0.5, 0.6) is 0 Å². The molecule has 0 bridgehead atoms. The second-order valence-corrected chi connectivity index (χ2v) is 11.8. The summed E-state index contributed by atoms with van der Waals surface area (Å²) in [5.74, 6) is 0. The summed E-state index contributed by atoms with van der Waals surface area (Å²) in [6.45, 7) is 4.96. The van der Waals surface area contributed by atoms with E-state index in [-0.39, 0.29) is 19.5 Å². The van der Waals surface area contributed by atoms with Gasteiger partial charge in [0.2, 0.25) is 5.69 Å². The number of hydrogen-bond acceptors (Lipinski definition) is 5. The minimum absolute atomic E-state index is 0. The first kappa shape index (κ1) is 21.7. The number of benzene rings is 1. The second kappa shape index (κ2) is 11.3. The van der Waals surface area contributed by atoms with E-state index < -0.39 is 5.69 Å². The Balaban J connectivity index is 0.00000361. The van der Waals surface area contributed by atoms with Crippen molar-refractivity contribution in [3.63, 3.8) is 0 Å². The Morgan fingerprint density at radius 2 is 1.80 bits per heavy atom. The standard InChI is InChI=1S/C11H15Cl2O2PS3.Rh/c1-3-14-16(17,15-4-2)19-8-18-11-7-9(12)5-6-10(11)13;/h5-7H,3-4,8H2,1-2H3;. The fourth-order valence-electron chi connectivity index (χ4n) is 1.17. The molecule has 0 aromatic heterocycles. The molecule has 1 rings (SSSR count). The third-order valence-corrected chi connectivity index (χ3v) is 9.69. The van der Waals surface area contributed by atoms with E-state index >= 15 is 0 Å². The average molecular weight is 480 g/mol. The molecule has 0 N–H and O–H groups in total. The summed E-state index contributed by atoms with van der Waals surface area (Å²) in [7, 11) is 0. The van der Waals surface area contributed by atoms with Gasteiger partial charge in [-0.3, -0.25) is 0 Å². The van der Waals surface area contributed by atoms with Gasteiger partial charge in [0, 0.05) is 29.4 Å². The molecule has 0 spiro atoms. The van der Waals surface area contributed by atoms with Crippen LogP contribution < -0.4 is 0 Å². The summed E-state index contributed by atoms with van der Waals surface area (Å²) in [5.41, 5.74) is -2.23. The van der Waals surface area contributed by atoms with E-state index in [1.807, 2.05) is 19.9 Å². The third-order valence-electron chi connectivity index (χ3n) is 1.89. The molecule has 0 amide bonds. The normalized spacial score (nSPS) is 11.2. The molecule has 1 aromatic rings. The fourth-order valence-corrected chi connectivity index (χ4v) is 8.71. The minimum atomic E-state index is -2.23. The van der Waals surface area contributed by atoms with Crippen molar-refractivity contribution in [3.8, 4) is 0 Å². The molecule has 0 saturated heterocycles. The number of thioether (sulfide) groups is 1. The van der Waals surface area contributed by atoms with Crippen molar-refractivity contribution in [2.24, 2.45) is 0 Å². The quantitative estimate of drug-likeness (QED) is 0.194. The molecule has 9 heteroatoms. The monoisotopic (exact) mass is 479 g/mol. The van der Waals surface area contributed by atoms with E-state index in [9.17, 15) is 0 Å². The van der Waals surface area contributed by atoms with Gasteiger partial charge in [0.15, 0.2) is 0 Å². The Kier molecular flexibility index (Phi) is 12.2. The van der Waals surface area contributed by atoms with E-state index in [2.05, 4.69) is 0 Å². The number of rotatable bonds is 8. The minimum Gasteiger partial charge on any atom is -0.322 e. The van der Waals surface area contributed by atoms with Crippen LogP contribution in [0.2, 0.25) is 10.0 Å².